The number of hydrogen-bond acceptors (Lipinski definition) is 4. The van der Waals surface area contributed by atoms with Crippen molar-refractivity contribution in [1.29, 1.82) is 0 Å². The first-order valence-corrected chi connectivity index (χ1v) is 6.80. The van der Waals surface area contributed by atoms with E-state index in [9.17, 15) is 13.2 Å². The second kappa shape index (κ2) is 4.79. The zero-order valence-electron chi connectivity index (χ0n) is 9.51. The fourth-order valence-electron chi connectivity index (χ4n) is 1.54. The molecular weight excluding hydrogens is 254 g/mol. The second-order valence-corrected chi connectivity index (χ2v) is 5.79. The van der Waals surface area contributed by atoms with Gasteiger partial charge in [-0.05, 0) is 17.7 Å². The van der Waals surface area contributed by atoms with Crippen LogP contribution in [0.3, 0.4) is 0 Å². The largest absolute Gasteiger partial charge is 0.333 e. The van der Waals surface area contributed by atoms with Crippen LogP contribution in [0.2, 0.25) is 0 Å². The van der Waals surface area contributed by atoms with Gasteiger partial charge in [0.05, 0.1) is 16.3 Å². The molecule has 1 aromatic rings. The molecule has 18 heavy (non-hydrogen) atoms. The smallest absolute Gasteiger partial charge is 0.319 e. The van der Waals surface area contributed by atoms with Crippen molar-refractivity contribution in [3.8, 4) is 0 Å². The van der Waals surface area contributed by atoms with E-state index in [1.807, 2.05) is 0 Å². The van der Waals surface area contributed by atoms with Gasteiger partial charge in [0.15, 0.2) is 0 Å². The van der Waals surface area contributed by atoms with Crippen molar-refractivity contribution in [3.63, 3.8) is 0 Å². The number of carbonyl (C=O) groups excluding carboxylic acids is 1. The Balaban J connectivity index is 2.33. The monoisotopic (exact) mass is 267 g/mol. The standard InChI is InChI=1S/C11H13N3O3S/c12-5-8-1-3-9(4-2-8)18(16,17)10-6-13-11(15)14-7-10/h1-4,6H,5,7,12H2,(H2,13,14,15). The van der Waals surface area contributed by atoms with Crippen LogP contribution < -0.4 is 16.4 Å². The lowest BCUT2D eigenvalue weighted by atomic mass is 10.2. The molecule has 6 nitrogen and oxygen atoms in total. The van der Waals surface area contributed by atoms with E-state index >= 15 is 0 Å². The molecule has 0 saturated carbocycles. The van der Waals surface area contributed by atoms with E-state index in [0.29, 0.717) is 6.54 Å². The summed E-state index contributed by atoms with van der Waals surface area (Å²) in [5.41, 5.74) is 6.31. The fourth-order valence-corrected chi connectivity index (χ4v) is 2.82. The highest BCUT2D eigenvalue weighted by atomic mass is 32.2. The van der Waals surface area contributed by atoms with Gasteiger partial charge in [0, 0.05) is 12.7 Å². The maximum Gasteiger partial charge on any atom is 0.319 e. The summed E-state index contributed by atoms with van der Waals surface area (Å²) in [7, 11) is -3.57. The summed E-state index contributed by atoms with van der Waals surface area (Å²) >= 11 is 0. The lowest BCUT2D eigenvalue weighted by molar-refractivity contribution is 0.244. The molecular formula is C11H13N3O3S. The zero-order valence-corrected chi connectivity index (χ0v) is 10.3. The maximum atomic E-state index is 12.2. The molecule has 7 heteroatoms. The van der Waals surface area contributed by atoms with Crippen LogP contribution in [0, 0.1) is 0 Å². The normalized spacial score (nSPS) is 15.6. The van der Waals surface area contributed by atoms with Crippen molar-refractivity contribution in [3.05, 3.63) is 40.9 Å². The highest BCUT2D eigenvalue weighted by Crippen LogP contribution is 2.19. The number of sulfone groups is 1. The molecule has 0 saturated heterocycles. The molecule has 96 valence electrons. The van der Waals surface area contributed by atoms with Crippen molar-refractivity contribution < 1.29 is 13.2 Å². The highest BCUT2D eigenvalue weighted by Gasteiger charge is 2.23. The average Bonchev–Trinajstić information content (AvgIpc) is 2.39. The van der Waals surface area contributed by atoms with E-state index in [0.717, 1.165) is 5.56 Å². The lowest BCUT2D eigenvalue weighted by Crippen LogP contribution is -2.39. The summed E-state index contributed by atoms with van der Waals surface area (Å²) in [6.07, 6.45) is 1.21. The first-order valence-electron chi connectivity index (χ1n) is 5.31. The van der Waals surface area contributed by atoms with Crippen LogP contribution in [0.4, 0.5) is 4.79 Å². The van der Waals surface area contributed by atoms with Crippen LogP contribution in [0.15, 0.2) is 40.3 Å². The predicted molar refractivity (Wildman–Crippen MR) is 66.1 cm³/mol. The molecule has 0 spiro atoms. The molecule has 0 aliphatic carbocycles. The van der Waals surface area contributed by atoms with Crippen LogP contribution in [-0.4, -0.2) is 21.0 Å². The van der Waals surface area contributed by atoms with Gasteiger partial charge in [0.2, 0.25) is 9.84 Å². The summed E-state index contributed by atoms with van der Waals surface area (Å²) in [5, 5.41) is 4.73. The van der Waals surface area contributed by atoms with Gasteiger partial charge < -0.3 is 16.4 Å². The maximum absolute atomic E-state index is 12.2. The summed E-state index contributed by atoms with van der Waals surface area (Å²) in [6, 6.07) is 5.95. The van der Waals surface area contributed by atoms with Crippen molar-refractivity contribution in [2.24, 2.45) is 5.73 Å². The predicted octanol–water partition coefficient (Wildman–Crippen LogP) is 0.0732. The SMILES string of the molecule is NCc1ccc(S(=O)(=O)C2=CNC(=O)NC2)cc1. The molecule has 1 aliphatic rings. The van der Waals surface area contributed by atoms with Gasteiger partial charge in [-0.25, -0.2) is 13.2 Å². The molecule has 1 aliphatic heterocycles. The number of carbonyl (C=O) groups is 1. The number of nitrogens with one attached hydrogen (secondary N) is 2. The fraction of sp³-hybridized carbons (Fsp3) is 0.182. The Kier molecular flexibility index (Phi) is 3.35. The van der Waals surface area contributed by atoms with Gasteiger partial charge in [-0.2, -0.15) is 0 Å². The van der Waals surface area contributed by atoms with Gasteiger partial charge in [0.25, 0.3) is 0 Å². The van der Waals surface area contributed by atoms with E-state index in [-0.39, 0.29) is 16.3 Å². The van der Waals surface area contributed by atoms with Gasteiger partial charge in [-0.3, -0.25) is 0 Å². The Morgan fingerprint density at radius 2 is 1.89 bits per heavy atom. The Morgan fingerprint density at radius 1 is 1.22 bits per heavy atom. The first-order chi connectivity index (χ1) is 8.54. The number of urea groups is 1. The third-order valence-corrected chi connectivity index (χ3v) is 4.45. The number of nitrogens with two attached hydrogens (primary N) is 1. The number of amides is 2. The van der Waals surface area contributed by atoms with E-state index in [1.54, 1.807) is 12.1 Å². The second-order valence-electron chi connectivity index (χ2n) is 3.79. The quantitative estimate of drug-likeness (QED) is 0.721. The van der Waals surface area contributed by atoms with Crippen molar-refractivity contribution in [2.75, 3.05) is 6.54 Å². The Morgan fingerprint density at radius 3 is 2.39 bits per heavy atom. The Labute approximate surface area is 105 Å². The molecule has 0 fully saturated rings. The lowest BCUT2D eigenvalue weighted by Gasteiger charge is -2.15. The summed E-state index contributed by atoms with van der Waals surface area (Å²) < 4.78 is 24.4. The third-order valence-electron chi connectivity index (χ3n) is 2.60. The molecule has 0 bridgehead atoms. The first kappa shape index (κ1) is 12.6. The summed E-state index contributed by atoms with van der Waals surface area (Å²) in [6.45, 7) is 0.355. The molecule has 1 heterocycles. The number of benzene rings is 1. The molecule has 1 aromatic carbocycles. The van der Waals surface area contributed by atoms with E-state index < -0.39 is 15.9 Å². The van der Waals surface area contributed by atoms with Gasteiger partial charge in [0.1, 0.15) is 0 Å². The van der Waals surface area contributed by atoms with Crippen LogP contribution in [0.5, 0.6) is 0 Å². The van der Waals surface area contributed by atoms with Crippen LogP contribution in [-0.2, 0) is 16.4 Å². The van der Waals surface area contributed by atoms with E-state index in [2.05, 4.69) is 10.6 Å². The zero-order chi connectivity index (χ0) is 13.2. The molecule has 0 radical (unpaired) electrons. The highest BCUT2D eigenvalue weighted by molar-refractivity contribution is 7.95. The molecule has 4 N–H and O–H groups in total. The summed E-state index contributed by atoms with van der Waals surface area (Å²) in [5.74, 6) is 0. The van der Waals surface area contributed by atoms with Crippen molar-refractivity contribution >= 4 is 15.9 Å². The van der Waals surface area contributed by atoms with Crippen LogP contribution in [0.1, 0.15) is 5.56 Å². The Bertz CT molecular complexity index is 590. The molecule has 2 amide bonds. The molecule has 0 atom stereocenters. The van der Waals surface area contributed by atoms with Crippen molar-refractivity contribution in [2.45, 2.75) is 11.4 Å². The minimum atomic E-state index is -3.57. The third kappa shape index (κ3) is 2.36. The van der Waals surface area contributed by atoms with E-state index in [1.165, 1.54) is 18.3 Å². The van der Waals surface area contributed by atoms with Gasteiger partial charge in [-0.15, -0.1) is 0 Å². The summed E-state index contributed by atoms with van der Waals surface area (Å²) in [4.78, 5) is 11.2. The van der Waals surface area contributed by atoms with Gasteiger partial charge in [-0.1, -0.05) is 12.1 Å². The number of rotatable bonds is 3. The van der Waals surface area contributed by atoms with Gasteiger partial charge >= 0.3 is 6.03 Å². The van der Waals surface area contributed by atoms with Crippen LogP contribution in [0.25, 0.3) is 0 Å². The molecule has 0 aromatic heterocycles. The minimum Gasteiger partial charge on any atom is -0.333 e. The topological polar surface area (TPSA) is 101 Å². The van der Waals surface area contributed by atoms with Crippen molar-refractivity contribution in [1.82, 2.24) is 10.6 Å². The van der Waals surface area contributed by atoms with E-state index in [4.69, 9.17) is 5.73 Å². The average molecular weight is 267 g/mol. The molecule has 2 rings (SSSR count). The minimum absolute atomic E-state index is 0.00714. The number of hydrogen-bond donors (Lipinski definition) is 3. The van der Waals surface area contributed by atoms with Crippen LogP contribution >= 0.6 is 0 Å². The molecule has 0 unspecified atom stereocenters. The Hall–Kier alpha value is -1.86.